The van der Waals surface area contributed by atoms with Crippen LogP contribution in [0.5, 0.6) is 11.5 Å². The van der Waals surface area contributed by atoms with Crippen molar-refractivity contribution in [1.82, 2.24) is 9.97 Å². The number of ether oxygens (including phenoxy) is 2. The van der Waals surface area contributed by atoms with E-state index in [2.05, 4.69) is 10.6 Å². The van der Waals surface area contributed by atoms with Gasteiger partial charge in [0.25, 0.3) is 0 Å². The molecule has 4 aromatic carbocycles. The van der Waals surface area contributed by atoms with Crippen molar-refractivity contribution in [2.75, 3.05) is 37.9 Å². The predicted molar refractivity (Wildman–Crippen MR) is 191 cm³/mol. The highest BCUT2D eigenvalue weighted by Crippen LogP contribution is 2.36. The van der Waals surface area contributed by atoms with Crippen LogP contribution in [0.1, 0.15) is 6.42 Å². The van der Waals surface area contributed by atoms with Crippen molar-refractivity contribution < 1.29 is 55.6 Å². The molecule has 0 radical (unpaired) electrons. The van der Waals surface area contributed by atoms with Crippen molar-refractivity contribution in [2.45, 2.75) is 18.8 Å². The molecular formula is C35H28Cl2F6N4O6. The third-order valence-corrected chi connectivity index (χ3v) is 7.80. The number of fused-ring (bicyclic) bond motifs is 4. The smallest absolute Gasteiger partial charge is 0.490 e. The maximum absolute atomic E-state index is 10.6. The number of methoxy groups -OCH3 is 2. The molecule has 53 heavy (non-hydrogen) atoms. The molecular weight excluding hydrogens is 757 g/mol. The van der Waals surface area contributed by atoms with Crippen LogP contribution in [-0.2, 0) is 9.59 Å². The molecule has 0 bridgehead atoms. The van der Waals surface area contributed by atoms with Gasteiger partial charge in [-0.3, -0.25) is 0 Å². The van der Waals surface area contributed by atoms with Crippen LogP contribution in [0.4, 0.5) is 37.7 Å². The summed E-state index contributed by atoms with van der Waals surface area (Å²) >= 11 is 12.6. The third kappa shape index (κ3) is 10.3. The zero-order chi connectivity index (χ0) is 39.1. The minimum Gasteiger partial charge on any atom is -0.497 e. The number of alkyl halides is 6. The van der Waals surface area contributed by atoms with Gasteiger partial charge in [-0.15, -0.1) is 0 Å². The molecule has 280 valence electrons. The van der Waals surface area contributed by atoms with Gasteiger partial charge in [0.15, 0.2) is 0 Å². The van der Waals surface area contributed by atoms with Gasteiger partial charge in [0.1, 0.15) is 11.5 Å². The van der Waals surface area contributed by atoms with Crippen LogP contribution in [0.15, 0.2) is 72.8 Å². The SMILES string of the molecule is COc1ccc2nc3cc(Cl)ccc3c(NCCCNc3c4ccc(Cl)cc4nc4ccc(OC)cc34)c2c1.O=C(O)C(F)(F)F.O=C(O)C(F)(F)F. The van der Waals surface area contributed by atoms with Crippen LogP contribution in [0.2, 0.25) is 10.0 Å². The summed E-state index contributed by atoms with van der Waals surface area (Å²) in [6, 6.07) is 23.4. The number of rotatable bonds is 8. The van der Waals surface area contributed by atoms with Crippen LogP contribution >= 0.6 is 23.2 Å². The zero-order valence-corrected chi connectivity index (χ0v) is 29.0. The maximum atomic E-state index is 10.6. The molecule has 2 aromatic heterocycles. The van der Waals surface area contributed by atoms with E-state index in [9.17, 15) is 26.3 Å². The van der Waals surface area contributed by atoms with Crippen molar-refractivity contribution in [3.05, 3.63) is 82.8 Å². The topological polar surface area (TPSA) is 143 Å². The first kappa shape index (κ1) is 40.3. The van der Waals surface area contributed by atoms with E-state index in [1.54, 1.807) is 14.2 Å². The Morgan fingerprint density at radius 1 is 0.604 bits per heavy atom. The summed E-state index contributed by atoms with van der Waals surface area (Å²) < 4.78 is 74.4. The number of nitrogens with one attached hydrogen (secondary N) is 2. The van der Waals surface area contributed by atoms with Crippen molar-refractivity contribution in [1.29, 1.82) is 0 Å². The number of carboxylic acid groups (broad SMARTS) is 2. The summed E-state index contributed by atoms with van der Waals surface area (Å²) in [6.07, 6.45) is -9.30. The Balaban J connectivity index is 0.000000381. The standard InChI is InChI=1S/C31H26Cl2N4O2.2C2HF3O2/c1-38-20-6-10-26-24(16-20)30(22-8-4-18(32)14-28(22)36-26)34-12-3-13-35-31-23-9-5-19(33)15-29(23)37-27-11-7-21(39-2)17-25(27)31;2*3-2(4,5)1(6)7/h4-11,14-17H,3,12-13H2,1-2H3,(H,34,36)(H,35,37);2*(H,6,7). The third-order valence-electron chi connectivity index (χ3n) is 7.33. The maximum Gasteiger partial charge on any atom is 0.490 e. The number of aliphatic carboxylic acids is 2. The second-order valence-corrected chi connectivity index (χ2v) is 11.7. The Hall–Kier alpha value is -5.48. The van der Waals surface area contributed by atoms with Gasteiger partial charge in [0, 0.05) is 44.7 Å². The highest BCUT2D eigenvalue weighted by molar-refractivity contribution is 6.32. The number of hydrogen-bond acceptors (Lipinski definition) is 8. The minimum atomic E-state index is -5.08. The summed E-state index contributed by atoms with van der Waals surface area (Å²) in [5.74, 6) is -3.94. The summed E-state index contributed by atoms with van der Waals surface area (Å²) in [5, 5.41) is 26.9. The van der Waals surface area contributed by atoms with Gasteiger partial charge in [-0.2, -0.15) is 26.3 Å². The molecule has 10 nitrogen and oxygen atoms in total. The van der Waals surface area contributed by atoms with Crippen LogP contribution < -0.4 is 20.1 Å². The van der Waals surface area contributed by atoms with Crippen LogP contribution in [0.25, 0.3) is 43.6 Å². The number of carbonyl (C=O) groups is 2. The largest absolute Gasteiger partial charge is 0.497 e. The predicted octanol–water partition coefficient (Wildman–Crippen LogP) is 9.59. The lowest BCUT2D eigenvalue weighted by molar-refractivity contribution is -0.193. The molecule has 4 N–H and O–H groups in total. The fraction of sp³-hybridized carbons (Fsp3) is 0.200. The Bertz CT molecular complexity index is 2130. The number of nitrogens with zero attached hydrogens (tertiary/aromatic N) is 2. The lowest BCUT2D eigenvalue weighted by atomic mass is 10.1. The van der Waals surface area contributed by atoms with E-state index in [0.29, 0.717) is 10.0 Å². The Morgan fingerprint density at radius 2 is 0.962 bits per heavy atom. The van der Waals surface area contributed by atoms with E-state index in [4.69, 9.17) is 62.4 Å². The van der Waals surface area contributed by atoms with Gasteiger partial charge >= 0.3 is 24.3 Å². The van der Waals surface area contributed by atoms with Gasteiger partial charge in [-0.05, 0) is 79.2 Å². The fourth-order valence-corrected chi connectivity index (χ4v) is 5.28. The quantitative estimate of drug-likeness (QED) is 0.0670. The van der Waals surface area contributed by atoms with E-state index >= 15 is 0 Å². The van der Waals surface area contributed by atoms with E-state index < -0.39 is 24.3 Å². The zero-order valence-electron chi connectivity index (χ0n) is 27.5. The molecule has 0 fully saturated rings. The molecule has 0 aliphatic carbocycles. The van der Waals surface area contributed by atoms with Crippen molar-refractivity contribution in [2.24, 2.45) is 0 Å². The second kappa shape index (κ2) is 16.9. The number of hydrogen-bond donors (Lipinski definition) is 4. The molecule has 6 aromatic rings. The van der Waals surface area contributed by atoms with Gasteiger partial charge in [0.05, 0.1) is 47.7 Å². The normalized spacial score (nSPS) is 11.4. The average Bonchev–Trinajstić information content (AvgIpc) is 3.09. The van der Waals surface area contributed by atoms with E-state index in [1.807, 2.05) is 72.8 Å². The molecule has 0 spiro atoms. The molecule has 0 atom stereocenters. The molecule has 0 aliphatic rings. The number of anilines is 2. The van der Waals surface area contributed by atoms with Crippen LogP contribution in [0, 0.1) is 0 Å². The number of carboxylic acids is 2. The van der Waals surface area contributed by atoms with Crippen molar-refractivity contribution in [3.63, 3.8) is 0 Å². The van der Waals surface area contributed by atoms with Crippen LogP contribution in [-0.4, -0.2) is 71.8 Å². The van der Waals surface area contributed by atoms with Crippen molar-refractivity contribution >= 4 is 90.1 Å². The molecule has 0 unspecified atom stereocenters. The van der Waals surface area contributed by atoms with Gasteiger partial charge in [0.2, 0.25) is 0 Å². The van der Waals surface area contributed by atoms with E-state index in [0.717, 1.165) is 86.0 Å². The molecule has 2 heterocycles. The summed E-state index contributed by atoms with van der Waals surface area (Å²) in [5.41, 5.74) is 5.50. The van der Waals surface area contributed by atoms with E-state index in [1.165, 1.54) is 0 Å². The Labute approximate surface area is 306 Å². The number of aromatic nitrogens is 2. The van der Waals surface area contributed by atoms with Gasteiger partial charge < -0.3 is 30.3 Å². The first-order valence-corrected chi connectivity index (χ1v) is 15.9. The summed E-state index contributed by atoms with van der Waals surface area (Å²) in [4.78, 5) is 27.4. The monoisotopic (exact) mass is 784 g/mol. The highest BCUT2D eigenvalue weighted by atomic mass is 35.5. The molecule has 0 aliphatic heterocycles. The molecule has 0 saturated carbocycles. The summed E-state index contributed by atoms with van der Waals surface area (Å²) in [7, 11) is 3.34. The Morgan fingerprint density at radius 3 is 1.28 bits per heavy atom. The molecule has 6 rings (SSSR count). The molecule has 0 amide bonds. The van der Waals surface area contributed by atoms with Crippen LogP contribution in [0.3, 0.4) is 0 Å². The fourth-order valence-electron chi connectivity index (χ4n) is 4.94. The van der Waals surface area contributed by atoms with E-state index in [-0.39, 0.29) is 0 Å². The average molecular weight is 786 g/mol. The molecule has 0 saturated heterocycles. The second-order valence-electron chi connectivity index (χ2n) is 10.9. The van der Waals surface area contributed by atoms with Gasteiger partial charge in [-0.1, -0.05) is 23.2 Å². The van der Waals surface area contributed by atoms with Crippen molar-refractivity contribution in [3.8, 4) is 11.5 Å². The summed E-state index contributed by atoms with van der Waals surface area (Å²) in [6.45, 7) is 1.49. The lowest BCUT2D eigenvalue weighted by Gasteiger charge is -2.16. The number of pyridine rings is 2. The first-order chi connectivity index (χ1) is 24.9. The lowest BCUT2D eigenvalue weighted by Crippen LogP contribution is -2.21. The minimum absolute atomic E-state index is 0.660. The molecule has 18 heteroatoms. The highest BCUT2D eigenvalue weighted by Gasteiger charge is 2.38. The number of benzene rings is 4. The first-order valence-electron chi connectivity index (χ1n) is 15.1. The Kier molecular flexibility index (Phi) is 12.8. The van der Waals surface area contributed by atoms with Gasteiger partial charge in [-0.25, -0.2) is 19.6 Å². The number of halogens is 8.